The predicted molar refractivity (Wildman–Crippen MR) is 93.9 cm³/mol. The minimum absolute atomic E-state index is 0.334. The quantitative estimate of drug-likeness (QED) is 0.919. The maximum Gasteiger partial charge on any atom is 0.222 e. The fourth-order valence-electron chi connectivity index (χ4n) is 4.59. The van der Waals surface area contributed by atoms with Crippen LogP contribution >= 0.6 is 0 Å². The zero-order valence-corrected chi connectivity index (χ0v) is 14.4. The lowest BCUT2D eigenvalue weighted by atomic mass is 9.89. The van der Waals surface area contributed by atoms with Crippen molar-refractivity contribution in [1.82, 2.24) is 10.2 Å². The molecule has 1 aromatic carbocycles. The smallest absolute Gasteiger partial charge is 0.222 e. The van der Waals surface area contributed by atoms with Crippen LogP contribution < -0.4 is 5.32 Å². The van der Waals surface area contributed by atoms with Crippen LogP contribution in [0.3, 0.4) is 0 Å². The molecule has 2 aliphatic heterocycles. The third-order valence-electron chi connectivity index (χ3n) is 6.03. The van der Waals surface area contributed by atoms with E-state index in [1.54, 1.807) is 0 Å². The third-order valence-corrected chi connectivity index (χ3v) is 6.03. The van der Waals surface area contributed by atoms with E-state index in [0.717, 1.165) is 45.2 Å². The van der Waals surface area contributed by atoms with Gasteiger partial charge in [0, 0.05) is 32.1 Å². The Morgan fingerprint density at radius 3 is 2.71 bits per heavy atom. The molecule has 2 saturated heterocycles. The molecule has 0 spiro atoms. The van der Waals surface area contributed by atoms with E-state index in [-0.39, 0.29) is 0 Å². The van der Waals surface area contributed by atoms with Gasteiger partial charge in [-0.25, -0.2) is 0 Å². The van der Waals surface area contributed by atoms with Gasteiger partial charge < -0.3 is 15.0 Å². The van der Waals surface area contributed by atoms with Crippen LogP contribution in [-0.2, 0) is 22.4 Å². The van der Waals surface area contributed by atoms with E-state index in [1.807, 2.05) is 0 Å². The highest BCUT2D eigenvalue weighted by Crippen LogP contribution is 2.36. The normalized spacial score (nSPS) is 27.4. The van der Waals surface area contributed by atoms with Gasteiger partial charge in [-0.3, -0.25) is 4.79 Å². The average molecular weight is 328 g/mol. The van der Waals surface area contributed by atoms with E-state index < -0.39 is 0 Å². The second-order valence-corrected chi connectivity index (χ2v) is 7.59. The first-order valence-electron chi connectivity index (χ1n) is 9.45. The van der Waals surface area contributed by atoms with Crippen LogP contribution in [0.1, 0.15) is 30.4 Å². The van der Waals surface area contributed by atoms with Gasteiger partial charge in [0.05, 0.1) is 13.2 Å². The van der Waals surface area contributed by atoms with E-state index in [2.05, 4.69) is 34.5 Å². The Balaban J connectivity index is 1.25. The van der Waals surface area contributed by atoms with Crippen LogP contribution in [0.15, 0.2) is 24.3 Å². The molecule has 0 bridgehead atoms. The van der Waals surface area contributed by atoms with Gasteiger partial charge in [-0.05, 0) is 48.6 Å². The summed E-state index contributed by atoms with van der Waals surface area (Å²) in [5.74, 6) is 1.74. The summed E-state index contributed by atoms with van der Waals surface area (Å²) in [6, 6.07) is 9.19. The number of ether oxygens (including phenoxy) is 1. The van der Waals surface area contributed by atoms with E-state index in [9.17, 15) is 4.79 Å². The van der Waals surface area contributed by atoms with Crippen LogP contribution in [0.4, 0.5) is 0 Å². The fraction of sp³-hybridized carbons (Fsp3) is 0.650. The van der Waals surface area contributed by atoms with E-state index in [1.165, 1.54) is 30.4 Å². The number of rotatable bonds is 4. The topological polar surface area (TPSA) is 41.6 Å². The summed E-state index contributed by atoms with van der Waals surface area (Å²) >= 11 is 0. The Kier molecular flexibility index (Phi) is 4.86. The van der Waals surface area contributed by atoms with Crippen molar-refractivity contribution in [2.45, 2.75) is 38.1 Å². The van der Waals surface area contributed by atoms with Crippen LogP contribution in [0.25, 0.3) is 0 Å². The number of morpholine rings is 1. The summed E-state index contributed by atoms with van der Waals surface area (Å²) in [6.45, 7) is 4.36. The van der Waals surface area contributed by atoms with Crippen LogP contribution in [0.5, 0.6) is 0 Å². The molecule has 1 N–H and O–H groups in total. The zero-order valence-electron chi connectivity index (χ0n) is 14.4. The van der Waals surface area contributed by atoms with E-state index in [0.29, 0.717) is 24.3 Å². The molecule has 0 saturated carbocycles. The number of fused-ring (bicyclic) bond motifs is 1. The molecule has 24 heavy (non-hydrogen) atoms. The number of nitrogens with zero attached hydrogens (tertiary/aromatic N) is 1. The number of amides is 1. The highest BCUT2D eigenvalue weighted by atomic mass is 16.5. The lowest BCUT2D eigenvalue weighted by molar-refractivity contribution is -0.130. The molecule has 3 aliphatic rings. The molecule has 0 aromatic heterocycles. The average Bonchev–Trinajstić information content (AvgIpc) is 3.27. The predicted octanol–water partition coefficient (Wildman–Crippen LogP) is 2.02. The lowest BCUT2D eigenvalue weighted by Crippen LogP contribution is -2.42. The number of hydrogen-bond donors (Lipinski definition) is 1. The van der Waals surface area contributed by atoms with Crippen molar-refractivity contribution < 1.29 is 9.53 Å². The lowest BCUT2D eigenvalue weighted by Gasteiger charge is -2.25. The van der Waals surface area contributed by atoms with Gasteiger partial charge in [0.2, 0.25) is 5.91 Å². The third kappa shape index (κ3) is 3.50. The van der Waals surface area contributed by atoms with Gasteiger partial charge in [0.25, 0.3) is 0 Å². The summed E-state index contributed by atoms with van der Waals surface area (Å²) in [4.78, 5) is 14.6. The monoisotopic (exact) mass is 328 g/mol. The Labute approximate surface area is 144 Å². The molecule has 130 valence electrons. The van der Waals surface area contributed by atoms with Gasteiger partial charge in [-0.15, -0.1) is 0 Å². The molecule has 1 amide bonds. The van der Waals surface area contributed by atoms with Crippen molar-refractivity contribution in [2.24, 2.45) is 11.8 Å². The zero-order chi connectivity index (χ0) is 16.4. The van der Waals surface area contributed by atoms with Gasteiger partial charge in [0.15, 0.2) is 0 Å². The molecular formula is C20H28N2O2. The molecule has 0 radical (unpaired) electrons. The van der Waals surface area contributed by atoms with Crippen molar-refractivity contribution in [2.75, 3.05) is 32.8 Å². The van der Waals surface area contributed by atoms with Crippen LogP contribution in [0, 0.1) is 11.8 Å². The SMILES string of the molecule is O=C(CCC1COCCN1)N1CCC(C2Cc3ccccc3C2)C1. The number of likely N-dealkylation sites (tertiary alicyclic amines) is 1. The second-order valence-electron chi connectivity index (χ2n) is 7.59. The van der Waals surface area contributed by atoms with Gasteiger partial charge >= 0.3 is 0 Å². The standard InChI is InChI=1S/C20H28N2O2/c23-20(6-5-19-14-24-10-8-21-19)22-9-7-17(13-22)18-11-15-3-1-2-4-16(15)12-18/h1-4,17-19,21H,5-14H2. The molecule has 2 atom stereocenters. The largest absolute Gasteiger partial charge is 0.379 e. The fourth-order valence-corrected chi connectivity index (χ4v) is 4.59. The summed E-state index contributed by atoms with van der Waals surface area (Å²) in [7, 11) is 0. The van der Waals surface area contributed by atoms with E-state index >= 15 is 0 Å². The summed E-state index contributed by atoms with van der Waals surface area (Å²) in [6.07, 6.45) is 5.13. The number of carbonyl (C=O) groups is 1. The molecule has 4 heteroatoms. The van der Waals surface area contributed by atoms with Crippen molar-refractivity contribution in [3.63, 3.8) is 0 Å². The minimum atomic E-state index is 0.334. The molecule has 2 fully saturated rings. The Morgan fingerprint density at radius 1 is 1.21 bits per heavy atom. The summed E-state index contributed by atoms with van der Waals surface area (Å²) in [5, 5.41) is 3.43. The first kappa shape index (κ1) is 16.1. The second kappa shape index (κ2) is 7.24. The molecule has 2 unspecified atom stereocenters. The summed E-state index contributed by atoms with van der Waals surface area (Å²) < 4.78 is 5.47. The van der Waals surface area contributed by atoms with Crippen LogP contribution in [0.2, 0.25) is 0 Å². The molecule has 1 aromatic rings. The molecule has 4 nitrogen and oxygen atoms in total. The first-order valence-corrected chi connectivity index (χ1v) is 9.45. The number of carbonyl (C=O) groups excluding carboxylic acids is 1. The highest BCUT2D eigenvalue weighted by Gasteiger charge is 2.34. The first-order chi connectivity index (χ1) is 11.8. The summed E-state index contributed by atoms with van der Waals surface area (Å²) in [5.41, 5.74) is 3.05. The minimum Gasteiger partial charge on any atom is -0.379 e. The van der Waals surface area contributed by atoms with Crippen molar-refractivity contribution in [3.8, 4) is 0 Å². The Morgan fingerprint density at radius 2 is 2.00 bits per heavy atom. The van der Waals surface area contributed by atoms with Gasteiger partial charge in [0.1, 0.15) is 0 Å². The molecule has 1 aliphatic carbocycles. The van der Waals surface area contributed by atoms with Crippen LogP contribution in [-0.4, -0.2) is 49.7 Å². The van der Waals surface area contributed by atoms with Crippen molar-refractivity contribution >= 4 is 5.91 Å². The van der Waals surface area contributed by atoms with Gasteiger partial charge in [-0.2, -0.15) is 0 Å². The van der Waals surface area contributed by atoms with Gasteiger partial charge in [-0.1, -0.05) is 24.3 Å². The number of nitrogens with one attached hydrogen (secondary N) is 1. The molecule has 4 rings (SSSR count). The van der Waals surface area contributed by atoms with E-state index in [4.69, 9.17) is 4.74 Å². The number of hydrogen-bond acceptors (Lipinski definition) is 3. The highest BCUT2D eigenvalue weighted by molar-refractivity contribution is 5.76. The Bertz CT molecular complexity index is 558. The molecule has 2 heterocycles. The number of benzene rings is 1. The maximum absolute atomic E-state index is 12.5. The van der Waals surface area contributed by atoms with Crippen molar-refractivity contribution in [3.05, 3.63) is 35.4 Å². The Hall–Kier alpha value is -1.39. The van der Waals surface area contributed by atoms with Crippen molar-refractivity contribution in [1.29, 1.82) is 0 Å². The maximum atomic E-state index is 12.5. The molecular weight excluding hydrogens is 300 g/mol.